The van der Waals surface area contributed by atoms with Crippen LogP contribution in [0.2, 0.25) is 0 Å². The molecule has 20 atom stereocenters. The Bertz CT molecular complexity index is 3410. The summed E-state index contributed by atoms with van der Waals surface area (Å²) in [6.45, 7) is 9.85. The van der Waals surface area contributed by atoms with Gasteiger partial charge in [-0.1, -0.05) is 122 Å². The first kappa shape index (κ1) is 97.6. The molecule has 34 nitrogen and oxygen atoms in total. The molecular weight excluding hydrogens is 1510 g/mol. The molecule has 3 aliphatic heterocycles. The SMILES string of the molecule is CC[C@H](C)C[C@H](C)CCCCCCCCC(=O)N[C@H]1C[C@@H](O)[C@@H](NCCN)NC(=O)[C@@H]2[C@@H](O)CCN2C(=O)[C@H]([C@H](O)CCNC(=O)[C@H](CCCCN)NC(=O)[C@H](Cc2ccccc2)NC(=O)[C@H](CC(C)C)NC(=O)[C@H](CCSC)NC=O)NC(=O)[C@H]([C@H](O)[C@@H](O)c2ccc(O)cc2)CC(=O)[C@@H]2C[C@@H](O)CN2C(=O)[C@H]([C@@H](C)O)NC1=O. The lowest BCUT2D eigenvalue weighted by molar-refractivity contribution is -0.149. The number of benzene rings is 2. The molecule has 3 aliphatic rings. The minimum Gasteiger partial charge on any atom is -0.508 e. The van der Waals surface area contributed by atoms with Gasteiger partial charge in [-0.3, -0.25) is 62.9 Å². The van der Waals surface area contributed by atoms with Crippen LogP contribution < -0.4 is 64.6 Å². The molecule has 3 saturated heterocycles. The van der Waals surface area contributed by atoms with Gasteiger partial charge in [0.15, 0.2) is 5.78 Å². The van der Waals surface area contributed by atoms with Crippen LogP contribution in [0.1, 0.15) is 187 Å². The number of fused-ring (bicyclic) bond motifs is 2. The van der Waals surface area contributed by atoms with E-state index in [0.717, 1.165) is 67.4 Å². The summed E-state index contributed by atoms with van der Waals surface area (Å²) in [5.74, 6) is -11.7. The van der Waals surface area contributed by atoms with E-state index < -0.39 is 219 Å². The fourth-order valence-electron chi connectivity index (χ4n) is 14.8. The molecule has 0 bridgehead atoms. The highest BCUT2D eigenvalue weighted by molar-refractivity contribution is 7.98. The van der Waals surface area contributed by atoms with E-state index in [1.165, 1.54) is 30.3 Å². The zero-order valence-electron chi connectivity index (χ0n) is 67.6. The number of ketones is 1. The predicted molar refractivity (Wildman–Crippen MR) is 430 cm³/mol. The Morgan fingerprint density at radius 2 is 1.27 bits per heavy atom. The summed E-state index contributed by atoms with van der Waals surface area (Å²) in [4.78, 5) is 175. The molecule has 0 radical (unpaired) electrons. The van der Waals surface area contributed by atoms with Crippen LogP contribution in [-0.4, -0.2) is 270 Å². The fourth-order valence-corrected chi connectivity index (χ4v) is 15.2. The van der Waals surface area contributed by atoms with Crippen LogP contribution in [0.5, 0.6) is 5.75 Å². The maximum absolute atomic E-state index is 15.5. The number of hydrogen-bond acceptors (Lipinski definition) is 24. The number of phenolic OH excluding ortho intramolecular Hbond substituents is 1. The van der Waals surface area contributed by atoms with Crippen molar-refractivity contribution >= 4 is 83.0 Å². The van der Waals surface area contributed by atoms with Crippen LogP contribution in [0.4, 0.5) is 0 Å². The van der Waals surface area contributed by atoms with Crippen molar-refractivity contribution in [3.63, 3.8) is 0 Å². The summed E-state index contributed by atoms with van der Waals surface area (Å²) in [5, 5.41) is 119. The van der Waals surface area contributed by atoms with Crippen LogP contribution in [0, 0.1) is 23.7 Å². The first-order valence-electron chi connectivity index (χ1n) is 40.7. The summed E-state index contributed by atoms with van der Waals surface area (Å²) < 4.78 is 0. The summed E-state index contributed by atoms with van der Waals surface area (Å²) in [6.07, 6.45) is -6.90. The Hall–Kier alpha value is -7.97. The molecule has 11 amide bonds. The van der Waals surface area contributed by atoms with Gasteiger partial charge in [0.2, 0.25) is 65.5 Å². The van der Waals surface area contributed by atoms with Gasteiger partial charge in [0, 0.05) is 64.8 Å². The lowest BCUT2D eigenvalue weighted by atomic mass is 9.86. The maximum atomic E-state index is 15.5. The number of aliphatic hydroxyl groups excluding tert-OH is 7. The van der Waals surface area contributed by atoms with Crippen molar-refractivity contribution in [1.29, 1.82) is 0 Å². The average Bonchev–Trinajstić information content (AvgIpc) is 1.75. The number of nitrogens with one attached hydrogen (secondary N) is 10. The second kappa shape index (κ2) is 50.6. The maximum Gasteiger partial charge on any atom is 0.248 e. The van der Waals surface area contributed by atoms with E-state index in [1.54, 1.807) is 30.3 Å². The molecule has 3 fully saturated rings. The molecule has 2 aromatic rings. The van der Waals surface area contributed by atoms with E-state index in [0.29, 0.717) is 48.8 Å². The van der Waals surface area contributed by atoms with Crippen molar-refractivity contribution in [3.05, 3.63) is 65.7 Å². The number of Topliss-reactive ketones (excluding diaryl/α,β-unsaturated/α-hetero) is 1. The van der Waals surface area contributed by atoms with Gasteiger partial charge < -0.3 is 110 Å². The number of amides is 11. The summed E-state index contributed by atoms with van der Waals surface area (Å²) in [5.41, 5.74) is 12.3. The van der Waals surface area contributed by atoms with Gasteiger partial charge >= 0.3 is 0 Å². The van der Waals surface area contributed by atoms with Gasteiger partial charge in [0.1, 0.15) is 66.4 Å². The molecule has 5 rings (SSSR count). The predicted octanol–water partition coefficient (Wildman–Crippen LogP) is -1.32. The lowest BCUT2D eigenvalue weighted by Gasteiger charge is -2.35. The van der Waals surface area contributed by atoms with Gasteiger partial charge in [-0.05, 0) is 124 Å². The third kappa shape index (κ3) is 31.8. The molecule has 0 aliphatic carbocycles. The molecule has 2 aromatic carbocycles. The van der Waals surface area contributed by atoms with Crippen LogP contribution >= 0.6 is 11.8 Å². The second-order valence-electron chi connectivity index (χ2n) is 31.5. The number of nitrogens with zero attached hydrogens (tertiary/aromatic N) is 2. The summed E-state index contributed by atoms with van der Waals surface area (Å²) in [7, 11) is 0. The first-order chi connectivity index (χ1) is 54.8. The average molecular weight is 1640 g/mol. The first-order valence-corrected chi connectivity index (χ1v) is 42.1. The number of carbonyl (C=O) groups excluding carboxylic acids is 12. The summed E-state index contributed by atoms with van der Waals surface area (Å²) in [6, 6.07) is -1.16. The van der Waals surface area contributed by atoms with Crippen LogP contribution in [0.25, 0.3) is 0 Å². The highest BCUT2D eigenvalue weighted by Gasteiger charge is 2.49. The molecule has 3 heterocycles. The zero-order chi connectivity index (χ0) is 85.0. The number of unbranched alkanes of at least 4 members (excludes halogenated alkanes) is 6. The molecule has 0 aromatic heterocycles. The number of phenols is 1. The highest BCUT2D eigenvalue weighted by atomic mass is 32.2. The van der Waals surface area contributed by atoms with E-state index in [-0.39, 0.29) is 81.8 Å². The molecule has 115 heavy (non-hydrogen) atoms. The van der Waals surface area contributed by atoms with Gasteiger partial charge in [-0.15, -0.1) is 0 Å². The third-order valence-electron chi connectivity index (χ3n) is 21.5. The second-order valence-corrected chi connectivity index (χ2v) is 32.5. The topological polar surface area (TPSA) is 545 Å². The number of hydrogen-bond donors (Lipinski definition) is 20. The highest BCUT2D eigenvalue weighted by Crippen LogP contribution is 2.31. The Labute approximate surface area is 678 Å². The Kier molecular flexibility index (Phi) is 43.0. The van der Waals surface area contributed by atoms with E-state index in [9.17, 15) is 84.0 Å². The number of nitrogens with two attached hydrogens (primary N) is 2. The molecule has 22 N–H and O–H groups in total. The minimum absolute atomic E-state index is 0.0374. The number of thioether (sulfide) groups is 1. The zero-order valence-corrected chi connectivity index (χ0v) is 68.4. The van der Waals surface area contributed by atoms with Crippen molar-refractivity contribution in [1.82, 2.24) is 63.0 Å². The lowest BCUT2D eigenvalue weighted by Crippen LogP contribution is -2.63. The Morgan fingerprint density at radius 1 is 0.643 bits per heavy atom. The summed E-state index contributed by atoms with van der Waals surface area (Å²) >= 11 is 1.45. The van der Waals surface area contributed by atoms with E-state index in [1.807, 2.05) is 20.1 Å². The molecule has 0 saturated carbocycles. The van der Waals surface area contributed by atoms with Crippen molar-refractivity contribution < 1.29 is 98.4 Å². The Balaban J connectivity index is 1.54. The number of rotatable bonds is 44. The molecule has 35 heteroatoms. The van der Waals surface area contributed by atoms with Crippen molar-refractivity contribution in [2.24, 2.45) is 35.1 Å². The molecule has 0 unspecified atom stereocenters. The quantitative estimate of drug-likeness (QED) is 0.0270. The molecular formula is C80H130N14O20S. The van der Waals surface area contributed by atoms with Crippen LogP contribution in [0.3, 0.4) is 0 Å². The van der Waals surface area contributed by atoms with Gasteiger partial charge in [-0.25, -0.2) is 0 Å². The molecule has 646 valence electrons. The van der Waals surface area contributed by atoms with E-state index >= 15 is 14.4 Å². The van der Waals surface area contributed by atoms with Crippen molar-refractivity contribution in [2.45, 2.75) is 280 Å². The standard InChI is InChI=1S/C80H130N14O20S/c1-8-47(4)39-48(5)20-14-11-9-10-12-17-24-65(103)86-59-43-64(102)71(83-35-33-82)92-78(112)68-62(100)30-36-93(68)80(114)67(91-72(106)54(70(105)69(104)51-25-27-52(97)28-26-51)42-63(101)60-41-53(98)44-94(60)79(113)66(49(6)96)90-77(59)111)61(99)29-34-84-73(107)56(23-18-19-32-81)87-76(110)58(40-50-21-15-13-16-22-50)89-75(109)57(38-46(2)3)88-74(108)55(85-45-95)31-37-115-7/h13,15-16,21-22,25-28,45-49,53-62,64,66-71,83,96-100,102,104-105H,8-12,14,17-20,23-24,29-44,81-82H2,1-7H3,(H,84,107)(H,85,95)(H,86,103)(H,87,110)(H,88,108)(H,89,109)(H,90,111)(H,91,106)(H,92,112)/t47-,48+,49+,53+,54-,55-,56-,57-,58-,59-,60-,61+,62-,64+,66-,67-,68-,69-,70-,71-/m0/s1. The monoisotopic (exact) mass is 1640 g/mol. The smallest absolute Gasteiger partial charge is 0.248 e. The third-order valence-corrected chi connectivity index (χ3v) is 22.2. The van der Waals surface area contributed by atoms with Crippen molar-refractivity contribution in [2.75, 3.05) is 51.3 Å². The van der Waals surface area contributed by atoms with Crippen LogP contribution in [-0.2, 0) is 64.0 Å². The minimum atomic E-state index is -2.33. The number of aromatic hydroxyl groups is 1. The van der Waals surface area contributed by atoms with Gasteiger partial charge in [0.05, 0.1) is 48.6 Å². The van der Waals surface area contributed by atoms with E-state index in [2.05, 4.69) is 73.9 Å². The van der Waals surface area contributed by atoms with Gasteiger partial charge in [0.25, 0.3) is 0 Å². The Morgan fingerprint density at radius 3 is 1.91 bits per heavy atom. The largest absolute Gasteiger partial charge is 0.508 e. The normalized spacial score (nSPS) is 24.0. The molecule has 0 spiro atoms. The van der Waals surface area contributed by atoms with Crippen LogP contribution in [0.15, 0.2) is 54.6 Å². The van der Waals surface area contributed by atoms with Crippen molar-refractivity contribution in [3.8, 4) is 5.75 Å². The number of aliphatic hydroxyl groups is 7. The number of carbonyl (C=O) groups is 12. The fraction of sp³-hybridized carbons (Fsp3) is 0.700. The van der Waals surface area contributed by atoms with E-state index in [4.69, 9.17) is 11.5 Å². The van der Waals surface area contributed by atoms with Gasteiger partial charge in [-0.2, -0.15) is 11.8 Å².